The highest BCUT2D eigenvalue weighted by atomic mass is 32.1. The van der Waals surface area contributed by atoms with Crippen LogP contribution < -0.4 is 5.73 Å². The summed E-state index contributed by atoms with van der Waals surface area (Å²) in [4.78, 5) is 3.92. The molecule has 0 aromatic carbocycles. The summed E-state index contributed by atoms with van der Waals surface area (Å²) < 4.78 is 5.23. The Hall–Kier alpha value is -0.380. The van der Waals surface area contributed by atoms with Crippen molar-refractivity contribution in [1.29, 1.82) is 0 Å². The SMILES string of the molecule is CC(C)(C)OC(N)=NCCS. The average molecular weight is 176 g/mol. The van der Waals surface area contributed by atoms with Crippen molar-refractivity contribution in [2.45, 2.75) is 26.4 Å². The molecule has 0 spiro atoms. The molecule has 2 N–H and O–H groups in total. The predicted octanol–water partition coefficient (Wildman–Crippen LogP) is 1.05. The first-order valence-corrected chi connectivity index (χ1v) is 4.19. The second kappa shape index (κ2) is 4.49. The van der Waals surface area contributed by atoms with Crippen LogP contribution in [0.1, 0.15) is 20.8 Å². The van der Waals surface area contributed by atoms with E-state index < -0.39 is 0 Å². The van der Waals surface area contributed by atoms with E-state index in [1.807, 2.05) is 20.8 Å². The minimum atomic E-state index is -0.260. The second-order valence-electron chi connectivity index (χ2n) is 3.16. The lowest BCUT2D eigenvalue weighted by Crippen LogP contribution is -2.29. The van der Waals surface area contributed by atoms with Gasteiger partial charge in [-0.2, -0.15) is 12.6 Å². The van der Waals surface area contributed by atoms with Crippen molar-refractivity contribution in [1.82, 2.24) is 0 Å². The molecule has 3 nitrogen and oxygen atoms in total. The number of hydrogen-bond donors (Lipinski definition) is 2. The molecule has 0 atom stereocenters. The number of rotatable bonds is 2. The van der Waals surface area contributed by atoms with Gasteiger partial charge in [-0.05, 0) is 20.8 Å². The Balaban J connectivity index is 3.76. The molecular weight excluding hydrogens is 160 g/mol. The van der Waals surface area contributed by atoms with Gasteiger partial charge in [0.15, 0.2) is 0 Å². The standard InChI is InChI=1S/C7H16N2OS/c1-7(2,3)10-6(8)9-4-5-11/h11H,4-5H2,1-3H3,(H2,8,9). The summed E-state index contributed by atoms with van der Waals surface area (Å²) in [5.41, 5.74) is 5.18. The van der Waals surface area contributed by atoms with Crippen LogP contribution in [0.15, 0.2) is 4.99 Å². The molecule has 0 aromatic heterocycles. The van der Waals surface area contributed by atoms with Crippen molar-refractivity contribution in [2.75, 3.05) is 12.3 Å². The minimum Gasteiger partial charge on any atom is -0.460 e. The summed E-state index contributed by atoms with van der Waals surface area (Å²) in [5.74, 6) is 0.689. The number of hydrogen-bond acceptors (Lipinski definition) is 3. The fourth-order valence-corrected chi connectivity index (χ4v) is 0.606. The molecule has 0 aliphatic carbocycles. The lowest BCUT2D eigenvalue weighted by Gasteiger charge is -2.19. The zero-order valence-electron chi connectivity index (χ0n) is 7.29. The highest BCUT2D eigenvalue weighted by Gasteiger charge is 2.11. The van der Waals surface area contributed by atoms with Gasteiger partial charge in [0.05, 0.1) is 6.54 Å². The van der Waals surface area contributed by atoms with E-state index in [2.05, 4.69) is 17.6 Å². The van der Waals surface area contributed by atoms with Gasteiger partial charge in [-0.3, -0.25) is 0 Å². The topological polar surface area (TPSA) is 47.6 Å². The van der Waals surface area contributed by atoms with Gasteiger partial charge in [0, 0.05) is 5.75 Å². The molecular formula is C7H16N2OS. The molecule has 0 aliphatic rings. The maximum atomic E-state index is 5.44. The van der Waals surface area contributed by atoms with Gasteiger partial charge in [-0.1, -0.05) is 0 Å². The summed E-state index contributed by atoms with van der Waals surface area (Å²) in [5, 5.41) is 0. The van der Waals surface area contributed by atoms with Crippen molar-refractivity contribution < 1.29 is 4.74 Å². The van der Waals surface area contributed by atoms with E-state index in [4.69, 9.17) is 10.5 Å². The second-order valence-corrected chi connectivity index (χ2v) is 3.61. The number of nitrogens with zero attached hydrogens (tertiary/aromatic N) is 1. The van der Waals surface area contributed by atoms with Gasteiger partial charge in [0.25, 0.3) is 6.02 Å². The number of amidine groups is 1. The molecule has 0 heterocycles. The molecule has 0 radical (unpaired) electrons. The van der Waals surface area contributed by atoms with Crippen molar-refractivity contribution in [3.8, 4) is 0 Å². The van der Waals surface area contributed by atoms with E-state index in [0.29, 0.717) is 12.3 Å². The highest BCUT2D eigenvalue weighted by Crippen LogP contribution is 2.05. The maximum Gasteiger partial charge on any atom is 0.282 e. The van der Waals surface area contributed by atoms with E-state index >= 15 is 0 Å². The fraction of sp³-hybridized carbons (Fsp3) is 0.857. The van der Waals surface area contributed by atoms with Crippen LogP contribution in [-0.2, 0) is 4.74 Å². The molecule has 0 aromatic rings. The van der Waals surface area contributed by atoms with Crippen molar-refractivity contribution >= 4 is 18.7 Å². The lowest BCUT2D eigenvalue weighted by atomic mass is 10.2. The first-order valence-electron chi connectivity index (χ1n) is 3.55. The zero-order valence-corrected chi connectivity index (χ0v) is 8.19. The summed E-state index contributed by atoms with van der Waals surface area (Å²) in [6.07, 6.45) is 0. The molecule has 0 rings (SSSR count). The molecule has 66 valence electrons. The molecule has 0 aliphatic heterocycles. The predicted molar refractivity (Wildman–Crippen MR) is 51.2 cm³/mol. The van der Waals surface area contributed by atoms with Gasteiger partial charge < -0.3 is 10.5 Å². The first kappa shape index (κ1) is 10.6. The number of ether oxygens (including phenoxy) is 1. The molecule has 4 heteroatoms. The van der Waals surface area contributed by atoms with Crippen LogP contribution in [0.5, 0.6) is 0 Å². The molecule has 0 bridgehead atoms. The van der Waals surface area contributed by atoms with E-state index in [1.54, 1.807) is 0 Å². The normalized spacial score (nSPS) is 13.3. The van der Waals surface area contributed by atoms with Gasteiger partial charge >= 0.3 is 0 Å². The molecule has 11 heavy (non-hydrogen) atoms. The molecule has 0 saturated heterocycles. The Bertz CT molecular complexity index is 140. The van der Waals surface area contributed by atoms with Gasteiger partial charge in [-0.25, -0.2) is 4.99 Å². The van der Waals surface area contributed by atoms with Crippen molar-refractivity contribution in [2.24, 2.45) is 10.7 Å². The van der Waals surface area contributed by atoms with Crippen LogP contribution >= 0.6 is 12.6 Å². The minimum absolute atomic E-state index is 0.242. The van der Waals surface area contributed by atoms with Gasteiger partial charge in [0.2, 0.25) is 0 Å². The molecule has 0 amide bonds. The summed E-state index contributed by atoms with van der Waals surface area (Å²) in [7, 11) is 0. The van der Waals surface area contributed by atoms with Crippen LogP contribution in [0.2, 0.25) is 0 Å². The van der Waals surface area contributed by atoms with E-state index in [-0.39, 0.29) is 11.6 Å². The zero-order chi connectivity index (χ0) is 8.91. The Morgan fingerprint density at radius 3 is 2.45 bits per heavy atom. The molecule has 0 saturated carbocycles. The molecule has 0 fully saturated rings. The fourth-order valence-electron chi connectivity index (χ4n) is 0.506. The highest BCUT2D eigenvalue weighted by molar-refractivity contribution is 7.80. The van der Waals surface area contributed by atoms with Crippen molar-refractivity contribution in [3.05, 3.63) is 0 Å². The van der Waals surface area contributed by atoms with Crippen LogP contribution in [0, 0.1) is 0 Å². The van der Waals surface area contributed by atoms with Crippen LogP contribution in [-0.4, -0.2) is 23.9 Å². The Morgan fingerprint density at radius 2 is 2.09 bits per heavy atom. The Morgan fingerprint density at radius 1 is 1.55 bits per heavy atom. The van der Waals surface area contributed by atoms with E-state index in [0.717, 1.165) is 0 Å². The monoisotopic (exact) mass is 176 g/mol. The van der Waals surface area contributed by atoms with Gasteiger partial charge in [-0.15, -0.1) is 0 Å². The molecule has 0 unspecified atom stereocenters. The summed E-state index contributed by atoms with van der Waals surface area (Å²) in [6, 6.07) is 0.242. The van der Waals surface area contributed by atoms with Crippen LogP contribution in [0.3, 0.4) is 0 Å². The van der Waals surface area contributed by atoms with Crippen molar-refractivity contribution in [3.63, 3.8) is 0 Å². The largest absolute Gasteiger partial charge is 0.460 e. The lowest BCUT2D eigenvalue weighted by molar-refractivity contribution is 0.113. The van der Waals surface area contributed by atoms with Crippen LogP contribution in [0.25, 0.3) is 0 Å². The summed E-state index contributed by atoms with van der Waals surface area (Å²) in [6.45, 7) is 6.38. The summed E-state index contributed by atoms with van der Waals surface area (Å²) >= 11 is 3.99. The van der Waals surface area contributed by atoms with Crippen LogP contribution in [0.4, 0.5) is 0 Å². The number of nitrogens with two attached hydrogens (primary N) is 1. The Kier molecular flexibility index (Phi) is 4.33. The average Bonchev–Trinajstić information content (AvgIpc) is 1.79. The Labute approximate surface area is 73.4 Å². The maximum absolute atomic E-state index is 5.44. The van der Waals surface area contributed by atoms with E-state index in [1.165, 1.54) is 0 Å². The number of thiol groups is 1. The quantitative estimate of drug-likeness (QED) is 0.375. The third-order valence-electron chi connectivity index (χ3n) is 0.778. The first-order chi connectivity index (χ1) is 4.95. The van der Waals surface area contributed by atoms with Gasteiger partial charge in [0.1, 0.15) is 5.60 Å². The van der Waals surface area contributed by atoms with E-state index in [9.17, 15) is 0 Å². The third kappa shape index (κ3) is 7.52. The smallest absolute Gasteiger partial charge is 0.282 e. The number of aliphatic imine (C=N–C) groups is 1. The third-order valence-corrected chi connectivity index (χ3v) is 0.978.